The quantitative estimate of drug-likeness (QED) is 0.604. The van der Waals surface area contributed by atoms with Crippen molar-refractivity contribution in [2.75, 3.05) is 19.7 Å². The summed E-state index contributed by atoms with van der Waals surface area (Å²) in [7, 11) is 0. The monoisotopic (exact) mass is 361 g/mol. The van der Waals surface area contributed by atoms with E-state index in [1.54, 1.807) is 6.08 Å². The van der Waals surface area contributed by atoms with Gasteiger partial charge in [0.2, 0.25) is 5.91 Å². The molecule has 0 spiro atoms. The molecule has 0 unspecified atom stereocenters. The van der Waals surface area contributed by atoms with Gasteiger partial charge >= 0.3 is 0 Å². The average Bonchev–Trinajstić information content (AvgIpc) is 3.24. The number of imidazole rings is 1. The maximum absolute atomic E-state index is 12.3. The summed E-state index contributed by atoms with van der Waals surface area (Å²) in [5.41, 5.74) is 2.04. The van der Waals surface area contributed by atoms with Crippen LogP contribution in [0.2, 0.25) is 0 Å². The van der Waals surface area contributed by atoms with E-state index in [2.05, 4.69) is 17.2 Å². The van der Waals surface area contributed by atoms with Gasteiger partial charge in [-0.3, -0.25) is 4.79 Å². The smallest absolute Gasteiger partial charge is 0.223 e. The van der Waals surface area contributed by atoms with E-state index in [9.17, 15) is 4.79 Å². The van der Waals surface area contributed by atoms with E-state index < -0.39 is 0 Å². The molecule has 1 saturated heterocycles. The van der Waals surface area contributed by atoms with Crippen LogP contribution in [0.4, 0.5) is 0 Å². The normalized spacial score (nSPS) is 16.8. The zero-order valence-corrected chi connectivity index (χ0v) is 15.3. The van der Waals surface area contributed by atoms with Gasteiger partial charge in [0.15, 0.2) is 0 Å². The number of fused-ring (bicyclic) bond motifs is 1. The van der Waals surface area contributed by atoms with E-state index in [4.69, 9.17) is 9.72 Å². The van der Waals surface area contributed by atoms with Gasteiger partial charge in [0.25, 0.3) is 0 Å². The van der Waals surface area contributed by atoms with Gasteiger partial charge < -0.3 is 14.2 Å². The van der Waals surface area contributed by atoms with Gasteiger partial charge in [-0.1, -0.05) is 36.4 Å². The van der Waals surface area contributed by atoms with E-state index in [0.29, 0.717) is 32.7 Å². The summed E-state index contributed by atoms with van der Waals surface area (Å²) in [5, 5.41) is 0. The molecule has 1 aliphatic heterocycles. The summed E-state index contributed by atoms with van der Waals surface area (Å²) >= 11 is 0. The number of hydrogen-bond donors (Lipinski definition) is 0. The van der Waals surface area contributed by atoms with Crippen LogP contribution in [-0.4, -0.2) is 40.1 Å². The van der Waals surface area contributed by atoms with Crippen molar-refractivity contribution in [3.05, 3.63) is 73.1 Å². The second-order valence-corrected chi connectivity index (χ2v) is 6.76. The van der Waals surface area contributed by atoms with Crippen molar-refractivity contribution in [1.82, 2.24) is 14.5 Å². The molecule has 5 nitrogen and oxygen atoms in total. The van der Waals surface area contributed by atoms with E-state index in [-0.39, 0.29) is 11.8 Å². The van der Waals surface area contributed by atoms with Crippen LogP contribution in [0.15, 0.2) is 67.3 Å². The number of aromatic nitrogens is 2. The SMILES string of the molecule is C=CCN1C[C@@H](c2nc3ccccc3n2CCOc2ccccc2)CC1=O. The first-order chi connectivity index (χ1) is 13.3. The molecule has 2 heterocycles. The van der Waals surface area contributed by atoms with Crippen LogP contribution in [0.5, 0.6) is 5.75 Å². The van der Waals surface area contributed by atoms with E-state index in [0.717, 1.165) is 22.6 Å². The molecule has 4 rings (SSSR count). The number of amides is 1. The van der Waals surface area contributed by atoms with Crippen LogP contribution in [0, 0.1) is 0 Å². The van der Waals surface area contributed by atoms with Crippen LogP contribution in [0.3, 0.4) is 0 Å². The van der Waals surface area contributed by atoms with Crippen molar-refractivity contribution in [1.29, 1.82) is 0 Å². The summed E-state index contributed by atoms with van der Waals surface area (Å²) in [6.07, 6.45) is 2.27. The fraction of sp³-hybridized carbons (Fsp3) is 0.273. The number of benzene rings is 2. The van der Waals surface area contributed by atoms with Crippen LogP contribution >= 0.6 is 0 Å². The molecule has 0 radical (unpaired) electrons. The Balaban J connectivity index is 1.58. The lowest BCUT2D eigenvalue weighted by atomic mass is 10.1. The second-order valence-electron chi connectivity index (χ2n) is 6.76. The van der Waals surface area contributed by atoms with Gasteiger partial charge in [-0.15, -0.1) is 6.58 Å². The highest BCUT2D eigenvalue weighted by Gasteiger charge is 2.33. The Morgan fingerprint density at radius 2 is 1.93 bits per heavy atom. The summed E-state index contributed by atoms with van der Waals surface area (Å²) < 4.78 is 8.09. The molecule has 0 aliphatic carbocycles. The minimum atomic E-state index is 0.0987. The number of ether oxygens (including phenoxy) is 1. The third kappa shape index (κ3) is 3.58. The molecule has 2 aromatic carbocycles. The number of hydrogen-bond acceptors (Lipinski definition) is 3. The molecule has 3 aromatic rings. The topological polar surface area (TPSA) is 47.4 Å². The van der Waals surface area contributed by atoms with Crippen LogP contribution < -0.4 is 4.74 Å². The lowest BCUT2D eigenvalue weighted by molar-refractivity contribution is -0.127. The first-order valence-electron chi connectivity index (χ1n) is 9.28. The van der Waals surface area contributed by atoms with Crippen molar-refractivity contribution >= 4 is 16.9 Å². The summed E-state index contributed by atoms with van der Waals surface area (Å²) in [6.45, 7) is 6.27. The largest absolute Gasteiger partial charge is 0.492 e. The molecule has 0 bridgehead atoms. The molecule has 27 heavy (non-hydrogen) atoms. The highest BCUT2D eigenvalue weighted by molar-refractivity contribution is 5.81. The summed E-state index contributed by atoms with van der Waals surface area (Å²) in [4.78, 5) is 19.0. The van der Waals surface area contributed by atoms with Crippen molar-refractivity contribution in [3.8, 4) is 5.75 Å². The van der Waals surface area contributed by atoms with Gasteiger partial charge in [0.05, 0.1) is 17.6 Å². The first-order valence-corrected chi connectivity index (χ1v) is 9.28. The van der Waals surface area contributed by atoms with Gasteiger partial charge in [0, 0.05) is 25.4 Å². The van der Waals surface area contributed by atoms with Gasteiger partial charge in [0.1, 0.15) is 18.2 Å². The van der Waals surface area contributed by atoms with E-state index in [1.807, 2.05) is 53.4 Å². The van der Waals surface area contributed by atoms with Crippen molar-refractivity contribution in [2.45, 2.75) is 18.9 Å². The van der Waals surface area contributed by atoms with Crippen LogP contribution in [-0.2, 0) is 11.3 Å². The number of rotatable bonds is 7. The molecule has 1 aliphatic rings. The Kier molecular flexibility index (Phi) is 4.92. The molecule has 138 valence electrons. The second kappa shape index (κ2) is 7.66. The average molecular weight is 361 g/mol. The highest BCUT2D eigenvalue weighted by Crippen LogP contribution is 2.30. The fourth-order valence-electron chi connectivity index (χ4n) is 3.69. The standard InChI is InChI=1S/C22H23N3O2/c1-2-12-24-16-17(15-21(24)26)22-23-19-10-6-7-11-20(19)25(22)13-14-27-18-8-4-3-5-9-18/h2-11,17H,1,12-16H2/t17-/m0/s1. The molecule has 1 aromatic heterocycles. The molecule has 5 heteroatoms. The summed E-state index contributed by atoms with van der Waals surface area (Å²) in [5.74, 6) is 2.09. The Bertz CT molecular complexity index is 949. The number of nitrogens with zero attached hydrogens (tertiary/aromatic N) is 3. The Labute approximate surface area is 158 Å². The van der Waals surface area contributed by atoms with Gasteiger partial charge in [-0.2, -0.15) is 0 Å². The number of carbonyl (C=O) groups excluding carboxylic acids is 1. The maximum Gasteiger partial charge on any atom is 0.223 e. The zero-order chi connectivity index (χ0) is 18.6. The zero-order valence-electron chi connectivity index (χ0n) is 15.3. The summed E-state index contributed by atoms with van der Waals surface area (Å²) in [6, 6.07) is 17.9. The maximum atomic E-state index is 12.3. The van der Waals surface area contributed by atoms with Crippen molar-refractivity contribution in [2.24, 2.45) is 0 Å². The van der Waals surface area contributed by atoms with Gasteiger partial charge in [-0.25, -0.2) is 4.98 Å². The highest BCUT2D eigenvalue weighted by atomic mass is 16.5. The van der Waals surface area contributed by atoms with E-state index in [1.165, 1.54) is 0 Å². The molecule has 1 fully saturated rings. The molecule has 0 N–H and O–H groups in total. The molecular weight excluding hydrogens is 338 g/mol. The van der Waals surface area contributed by atoms with Crippen molar-refractivity contribution < 1.29 is 9.53 Å². The van der Waals surface area contributed by atoms with Crippen molar-refractivity contribution in [3.63, 3.8) is 0 Å². The number of carbonyl (C=O) groups is 1. The lowest BCUT2D eigenvalue weighted by Gasteiger charge is -2.16. The van der Waals surface area contributed by atoms with Crippen LogP contribution in [0.1, 0.15) is 18.2 Å². The minimum Gasteiger partial charge on any atom is -0.492 e. The first kappa shape index (κ1) is 17.3. The van der Waals surface area contributed by atoms with Gasteiger partial charge in [-0.05, 0) is 24.3 Å². The molecular formula is C22H23N3O2. The lowest BCUT2D eigenvalue weighted by Crippen LogP contribution is -2.25. The molecule has 0 saturated carbocycles. The third-order valence-corrected chi connectivity index (χ3v) is 4.94. The molecule has 1 atom stereocenters. The molecule has 1 amide bonds. The Morgan fingerprint density at radius 3 is 2.74 bits per heavy atom. The fourth-order valence-corrected chi connectivity index (χ4v) is 3.69. The Morgan fingerprint density at radius 1 is 1.15 bits per heavy atom. The predicted molar refractivity (Wildman–Crippen MR) is 106 cm³/mol. The number of likely N-dealkylation sites (tertiary alicyclic amines) is 1. The van der Waals surface area contributed by atoms with E-state index >= 15 is 0 Å². The third-order valence-electron chi connectivity index (χ3n) is 4.94. The minimum absolute atomic E-state index is 0.0987. The predicted octanol–water partition coefficient (Wildman–Crippen LogP) is 3.62. The number of para-hydroxylation sites is 3. The van der Waals surface area contributed by atoms with Crippen LogP contribution in [0.25, 0.3) is 11.0 Å². The Hall–Kier alpha value is -3.08.